The van der Waals surface area contributed by atoms with Crippen LogP contribution in [-0.2, 0) is 22.5 Å². The highest BCUT2D eigenvalue weighted by molar-refractivity contribution is 5.87. The van der Waals surface area contributed by atoms with Gasteiger partial charge in [-0.3, -0.25) is 14.2 Å². The van der Waals surface area contributed by atoms with Crippen molar-refractivity contribution >= 4 is 17.0 Å². The zero-order valence-corrected chi connectivity index (χ0v) is 15.4. The van der Waals surface area contributed by atoms with Crippen LogP contribution in [0.2, 0.25) is 0 Å². The Hall–Kier alpha value is -3.00. The van der Waals surface area contributed by atoms with E-state index in [-0.39, 0.29) is 30.0 Å². The van der Waals surface area contributed by atoms with Crippen molar-refractivity contribution in [3.63, 3.8) is 0 Å². The standard InChI is InChI=1S/C19H22N4O4/c1-3-13-4-6-14(7-5-13)16-17-18(27-22-16)19(25)23(12-21-17)10-8-15(24)20-9-11-26-2/h4-7,12H,3,8-11H2,1-2H3,(H,20,24). The van der Waals surface area contributed by atoms with E-state index in [1.165, 1.54) is 16.5 Å². The summed E-state index contributed by atoms with van der Waals surface area (Å²) in [5.41, 5.74) is 2.75. The van der Waals surface area contributed by atoms with Gasteiger partial charge in [0.25, 0.3) is 11.1 Å². The molecule has 3 rings (SSSR count). The molecule has 0 saturated carbocycles. The molecule has 0 unspecified atom stereocenters. The maximum absolute atomic E-state index is 12.6. The van der Waals surface area contributed by atoms with Gasteiger partial charge in [-0.05, 0) is 12.0 Å². The van der Waals surface area contributed by atoms with Crippen molar-refractivity contribution in [1.82, 2.24) is 20.0 Å². The van der Waals surface area contributed by atoms with Crippen LogP contribution < -0.4 is 10.9 Å². The minimum absolute atomic E-state index is 0.0897. The SMILES string of the molecule is CCc1ccc(-c2noc3c(=O)n(CCC(=O)NCCOC)cnc23)cc1. The maximum Gasteiger partial charge on any atom is 0.299 e. The minimum Gasteiger partial charge on any atom is -0.383 e. The number of carbonyl (C=O) groups excluding carboxylic acids is 1. The molecule has 0 aliphatic carbocycles. The van der Waals surface area contributed by atoms with E-state index in [1.54, 1.807) is 7.11 Å². The molecule has 8 heteroatoms. The summed E-state index contributed by atoms with van der Waals surface area (Å²) < 4.78 is 11.5. The van der Waals surface area contributed by atoms with Gasteiger partial charge in [0.05, 0.1) is 12.9 Å². The van der Waals surface area contributed by atoms with Crippen molar-refractivity contribution in [2.75, 3.05) is 20.3 Å². The maximum atomic E-state index is 12.6. The number of aryl methyl sites for hydroxylation is 2. The Morgan fingerprint density at radius 1 is 1.30 bits per heavy atom. The normalized spacial score (nSPS) is 11.0. The van der Waals surface area contributed by atoms with Gasteiger partial charge in [0.15, 0.2) is 0 Å². The highest BCUT2D eigenvalue weighted by Gasteiger charge is 2.16. The third kappa shape index (κ3) is 4.22. The van der Waals surface area contributed by atoms with E-state index in [0.29, 0.717) is 24.4 Å². The number of nitrogens with one attached hydrogen (secondary N) is 1. The summed E-state index contributed by atoms with van der Waals surface area (Å²) in [7, 11) is 1.57. The van der Waals surface area contributed by atoms with Crippen molar-refractivity contribution < 1.29 is 14.1 Å². The van der Waals surface area contributed by atoms with E-state index in [4.69, 9.17) is 9.26 Å². The zero-order valence-electron chi connectivity index (χ0n) is 15.4. The lowest BCUT2D eigenvalue weighted by Gasteiger charge is -2.06. The third-order valence-corrected chi connectivity index (χ3v) is 4.29. The number of aromatic nitrogens is 3. The number of methoxy groups -OCH3 is 1. The summed E-state index contributed by atoms with van der Waals surface area (Å²) in [6, 6.07) is 7.90. The minimum atomic E-state index is -0.353. The van der Waals surface area contributed by atoms with Crippen LogP contribution >= 0.6 is 0 Å². The predicted molar refractivity (Wildman–Crippen MR) is 100 cm³/mol. The molecule has 0 saturated heterocycles. The lowest BCUT2D eigenvalue weighted by molar-refractivity contribution is -0.121. The first-order valence-electron chi connectivity index (χ1n) is 8.83. The van der Waals surface area contributed by atoms with Gasteiger partial charge in [-0.1, -0.05) is 36.3 Å². The number of fused-ring (bicyclic) bond motifs is 1. The van der Waals surface area contributed by atoms with Crippen molar-refractivity contribution in [1.29, 1.82) is 0 Å². The molecule has 0 aliphatic heterocycles. The number of carbonyl (C=O) groups is 1. The van der Waals surface area contributed by atoms with Gasteiger partial charge < -0.3 is 14.6 Å². The number of nitrogens with zero attached hydrogens (tertiary/aromatic N) is 3. The molecule has 142 valence electrons. The predicted octanol–water partition coefficient (Wildman–Crippen LogP) is 1.77. The highest BCUT2D eigenvalue weighted by atomic mass is 16.5. The van der Waals surface area contributed by atoms with Crippen LogP contribution in [-0.4, -0.2) is 40.9 Å². The van der Waals surface area contributed by atoms with Crippen LogP contribution in [0.1, 0.15) is 18.9 Å². The van der Waals surface area contributed by atoms with E-state index >= 15 is 0 Å². The largest absolute Gasteiger partial charge is 0.383 e. The molecule has 0 atom stereocenters. The summed E-state index contributed by atoms with van der Waals surface area (Å²) in [5, 5.41) is 6.73. The molecular formula is C19H22N4O4. The van der Waals surface area contributed by atoms with Crippen molar-refractivity contribution in [3.05, 3.63) is 46.5 Å². The van der Waals surface area contributed by atoms with E-state index in [9.17, 15) is 9.59 Å². The van der Waals surface area contributed by atoms with Crippen molar-refractivity contribution in [2.24, 2.45) is 0 Å². The lowest BCUT2D eigenvalue weighted by atomic mass is 10.1. The molecule has 0 spiro atoms. The fraction of sp³-hybridized carbons (Fsp3) is 0.368. The van der Waals surface area contributed by atoms with Crippen molar-refractivity contribution in [2.45, 2.75) is 26.3 Å². The number of hydrogen-bond donors (Lipinski definition) is 1. The average Bonchev–Trinajstić information content (AvgIpc) is 3.12. The van der Waals surface area contributed by atoms with Crippen LogP contribution in [0.5, 0.6) is 0 Å². The molecule has 3 aromatic rings. The van der Waals surface area contributed by atoms with E-state index in [0.717, 1.165) is 12.0 Å². The van der Waals surface area contributed by atoms with Gasteiger partial charge in [-0.2, -0.15) is 0 Å². The first kappa shape index (κ1) is 18.8. The van der Waals surface area contributed by atoms with Gasteiger partial charge in [0, 0.05) is 32.2 Å². The molecule has 8 nitrogen and oxygen atoms in total. The van der Waals surface area contributed by atoms with Gasteiger partial charge in [-0.25, -0.2) is 4.98 Å². The first-order valence-corrected chi connectivity index (χ1v) is 8.83. The fourth-order valence-electron chi connectivity index (χ4n) is 2.71. The Labute approximate surface area is 156 Å². The number of ether oxygens (including phenoxy) is 1. The van der Waals surface area contributed by atoms with E-state index < -0.39 is 0 Å². The van der Waals surface area contributed by atoms with Crippen LogP contribution in [0.15, 0.2) is 39.9 Å². The monoisotopic (exact) mass is 370 g/mol. The van der Waals surface area contributed by atoms with Crippen LogP contribution in [0.4, 0.5) is 0 Å². The summed E-state index contributed by atoms with van der Waals surface area (Å²) in [6.45, 7) is 3.17. The Bertz CT molecular complexity index is 976. The van der Waals surface area contributed by atoms with Crippen LogP contribution in [0.25, 0.3) is 22.4 Å². The zero-order chi connectivity index (χ0) is 19.2. The second kappa shape index (κ2) is 8.59. The topological polar surface area (TPSA) is 99.2 Å². The Morgan fingerprint density at radius 3 is 2.78 bits per heavy atom. The summed E-state index contributed by atoms with van der Waals surface area (Å²) in [5.74, 6) is -0.159. The number of benzene rings is 1. The molecule has 1 N–H and O–H groups in total. The van der Waals surface area contributed by atoms with E-state index in [2.05, 4.69) is 22.4 Å². The fourth-order valence-corrected chi connectivity index (χ4v) is 2.71. The quantitative estimate of drug-likeness (QED) is 0.607. The molecule has 27 heavy (non-hydrogen) atoms. The molecular weight excluding hydrogens is 348 g/mol. The molecule has 0 radical (unpaired) electrons. The number of rotatable bonds is 8. The molecule has 2 aromatic heterocycles. The first-order chi connectivity index (χ1) is 13.1. The van der Waals surface area contributed by atoms with Gasteiger partial charge >= 0.3 is 0 Å². The Balaban J connectivity index is 1.78. The van der Waals surface area contributed by atoms with Gasteiger partial charge in [-0.15, -0.1) is 0 Å². The summed E-state index contributed by atoms with van der Waals surface area (Å²) in [6.07, 6.45) is 2.53. The van der Waals surface area contributed by atoms with Crippen LogP contribution in [0, 0.1) is 0 Å². The summed E-state index contributed by atoms with van der Waals surface area (Å²) in [4.78, 5) is 28.7. The van der Waals surface area contributed by atoms with Gasteiger partial charge in [0.2, 0.25) is 5.91 Å². The second-order valence-electron chi connectivity index (χ2n) is 6.10. The Morgan fingerprint density at radius 2 is 2.07 bits per heavy atom. The van der Waals surface area contributed by atoms with Crippen LogP contribution in [0.3, 0.4) is 0 Å². The average molecular weight is 370 g/mol. The third-order valence-electron chi connectivity index (χ3n) is 4.29. The van der Waals surface area contributed by atoms with Gasteiger partial charge in [0.1, 0.15) is 11.2 Å². The second-order valence-corrected chi connectivity index (χ2v) is 6.10. The molecule has 0 fully saturated rings. The smallest absolute Gasteiger partial charge is 0.299 e. The molecule has 1 amide bonds. The molecule has 1 aromatic carbocycles. The molecule has 2 heterocycles. The molecule has 0 bridgehead atoms. The lowest BCUT2D eigenvalue weighted by Crippen LogP contribution is -2.29. The molecule has 0 aliphatic rings. The van der Waals surface area contributed by atoms with E-state index in [1.807, 2.05) is 24.3 Å². The van der Waals surface area contributed by atoms with Crippen molar-refractivity contribution in [3.8, 4) is 11.3 Å². The summed E-state index contributed by atoms with van der Waals surface area (Å²) >= 11 is 0. The highest BCUT2D eigenvalue weighted by Crippen LogP contribution is 2.24. The number of amides is 1. The number of hydrogen-bond acceptors (Lipinski definition) is 6. The Kier molecular flexibility index (Phi) is 5.97.